The molecule has 4 aromatic rings. The normalized spacial score (nSPS) is 11.6. The zero-order valence-corrected chi connectivity index (χ0v) is 14.0. The molecule has 25 heavy (non-hydrogen) atoms. The van der Waals surface area contributed by atoms with E-state index in [1.165, 1.54) is 5.56 Å². The van der Waals surface area contributed by atoms with Gasteiger partial charge in [0.25, 0.3) is 0 Å². The maximum atomic E-state index is 12.7. The molecule has 0 fully saturated rings. The Kier molecular flexibility index (Phi) is 3.90. The third kappa shape index (κ3) is 2.85. The summed E-state index contributed by atoms with van der Waals surface area (Å²) in [5.74, 6) is -0.100. The second-order valence-corrected chi connectivity index (χ2v) is 6.05. The van der Waals surface area contributed by atoms with Crippen LogP contribution < -0.4 is 0 Å². The van der Waals surface area contributed by atoms with Crippen LogP contribution in [0.4, 0.5) is 0 Å². The molecule has 0 unspecified atom stereocenters. The van der Waals surface area contributed by atoms with E-state index in [1.54, 1.807) is 12.3 Å². The van der Waals surface area contributed by atoms with Gasteiger partial charge in [0.1, 0.15) is 5.69 Å². The first-order valence-electron chi connectivity index (χ1n) is 8.43. The number of carbonyl (C=O) groups excluding carboxylic acids is 1. The van der Waals surface area contributed by atoms with Gasteiger partial charge in [-0.1, -0.05) is 55.5 Å². The molecule has 0 amide bonds. The Hall–Kier alpha value is -3.20. The molecule has 122 valence electrons. The first kappa shape index (κ1) is 15.3. The van der Waals surface area contributed by atoms with E-state index in [4.69, 9.17) is 0 Å². The molecule has 2 heterocycles. The Labute approximate surface area is 146 Å². The van der Waals surface area contributed by atoms with Crippen LogP contribution in [0.15, 0.2) is 66.9 Å². The Morgan fingerprint density at radius 1 is 1.04 bits per heavy atom. The number of carbonyl (C=O) groups is 1. The molecular formula is C22H18N2O. The fourth-order valence-electron chi connectivity index (χ4n) is 3.08. The van der Waals surface area contributed by atoms with E-state index < -0.39 is 0 Å². The number of rotatable bonds is 4. The van der Waals surface area contributed by atoms with Gasteiger partial charge in [0.2, 0.25) is 5.78 Å². The molecule has 3 nitrogen and oxygen atoms in total. The summed E-state index contributed by atoms with van der Waals surface area (Å²) in [6.07, 6.45) is 6.13. The molecule has 0 spiro atoms. The first-order valence-corrected chi connectivity index (χ1v) is 8.43. The fraction of sp³-hybridized carbons (Fsp3) is 0.0909. The number of fused-ring (bicyclic) bond motifs is 3. The minimum absolute atomic E-state index is 0.100. The molecule has 0 saturated carbocycles. The summed E-state index contributed by atoms with van der Waals surface area (Å²) in [7, 11) is 0. The molecule has 0 bridgehead atoms. The van der Waals surface area contributed by atoms with Crippen molar-refractivity contribution < 1.29 is 4.79 Å². The molecular weight excluding hydrogens is 308 g/mol. The fourth-order valence-corrected chi connectivity index (χ4v) is 3.08. The summed E-state index contributed by atoms with van der Waals surface area (Å²) >= 11 is 0. The van der Waals surface area contributed by atoms with Crippen molar-refractivity contribution in [1.29, 1.82) is 0 Å². The molecule has 3 heteroatoms. The SMILES string of the molecule is CCc1ccc(/C=C/C(=O)c2nccc3c2[nH]c2ccccc23)cc1. The molecule has 0 aliphatic rings. The van der Waals surface area contributed by atoms with Gasteiger partial charge in [-0.15, -0.1) is 0 Å². The zero-order chi connectivity index (χ0) is 17.2. The molecule has 0 aliphatic heterocycles. The quantitative estimate of drug-likeness (QED) is 0.415. The number of hydrogen-bond acceptors (Lipinski definition) is 2. The van der Waals surface area contributed by atoms with Crippen molar-refractivity contribution in [1.82, 2.24) is 9.97 Å². The summed E-state index contributed by atoms with van der Waals surface area (Å²) in [4.78, 5) is 20.3. The standard InChI is InChI=1S/C22H18N2O/c1-2-15-7-9-16(10-8-15)11-12-20(25)22-21-18(13-14-23-22)17-5-3-4-6-19(17)24-21/h3-14,24H,2H2,1H3/b12-11+. The molecule has 1 N–H and O–H groups in total. The topological polar surface area (TPSA) is 45.8 Å². The van der Waals surface area contributed by atoms with Crippen LogP contribution in [-0.2, 0) is 6.42 Å². The molecule has 0 aliphatic carbocycles. The van der Waals surface area contributed by atoms with E-state index in [1.807, 2.05) is 48.5 Å². The number of para-hydroxylation sites is 1. The molecule has 2 aromatic heterocycles. The number of H-pyrrole nitrogens is 1. The minimum Gasteiger partial charge on any atom is -0.353 e. The second kappa shape index (κ2) is 6.36. The predicted octanol–water partition coefficient (Wildman–Crippen LogP) is 5.17. The Balaban J connectivity index is 1.70. The number of allylic oxidation sites excluding steroid dienone is 1. The lowest BCUT2D eigenvalue weighted by molar-refractivity contribution is 0.104. The number of nitrogens with zero attached hydrogens (tertiary/aromatic N) is 1. The van der Waals surface area contributed by atoms with Crippen LogP contribution in [0.3, 0.4) is 0 Å². The van der Waals surface area contributed by atoms with Gasteiger partial charge in [-0.3, -0.25) is 9.78 Å². The molecule has 4 rings (SSSR count). The average molecular weight is 326 g/mol. The van der Waals surface area contributed by atoms with Crippen LogP contribution in [0.25, 0.3) is 27.9 Å². The highest BCUT2D eigenvalue weighted by Crippen LogP contribution is 2.26. The molecule has 0 atom stereocenters. The minimum atomic E-state index is -0.100. The second-order valence-electron chi connectivity index (χ2n) is 6.05. The van der Waals surface area contributed by atoms with Crippen molar-refractivity contribution in [3.8, 4) is 0 Å². The highest BCUT2D eigenvalue weighted by Gasteiger charge is 2.13. The number of nitrogens with one attached hydrogen (secondary N) is 1. The van der Waals surface area contributed by atoms with Gasteiger partial charge in [-0.2, -0.15) is 0 Å². The van der Waals surface area contributed by atoms with Crippen LogP contribution in [-0.4, -0.2) is 15.8 Å². The van der Waals surface area contributed by atoms with Gasteiger partial charge in [-0.05, 0) is 35.8 Å². The van der Waals surface area contributed by atoms with Crippen LogP contribution in [0.5, 0.6) is 0 Å². The number of aryl methyl sites for hydroxylation is 1. The maximum Gasteiger partial charge on any atom is 0.206 e. The number of pyridine rings is 1. The van der Waals surface area contributed by atoms with Crippen LogP contribution in [0, 0.1) is 0 Å². The summed E-state index contributed by atoms with van der Waals surface area (Å²) < 4.78 is 0. The predicted molar refractivity (Wildman–Crippen MR) is 103 cm³/mol. The van der Waals surface area contributed by atoms with Gasteiger partial charge in [-0.25, -0.2) is 0 Å². The van der Waals surface area contributed by atoms with Gasteiger partial charge in [0.15, 0.2) is 0 Å². The number of ketones is 1. The summed E-state index contributed by atoms with van der Waals surface area (Å²) in [6.45, 7) is 2.13. The van der Waals surface area contributed by atoms with E-state index in [0.29, 0.717) is 5.69 Å². The van der Waals surface area contributed by atoms with Gasteiger partial charge in [0, 0.05) is 22.5 Å². The Morgan fingerprint density at radius 2 is 1.84 bits per heavy atom. The van der Waals surface area contributed by atoms with Crippen molar-refractivity contribution in [2.24, 2.45) is 0 Å². The Bertz CT molecular complexity index is 1090. The lowest BCUT2D eigenvalue weighted by atomic mass is 10.1. The third-order valence-electron chi connectivity index (χ3n) is 4.48. The van der Waals surface area contributed by atoms with Gasteiger partial charge in [0.05, 0.1) is 5.52 Å². The third-order valence-corrected chi connectivity index (χ3v) is 4.48. The van der Waals surface area contributed by atoms with Crippen LogP contribution in [0.1, 0.15) is 28.5 Å². The zero-order valence-electron chi connectivity index (χ0n) is 14.0. The number of aromatic nitrogens is 2. The molecule has 2 aromatic carbocycles. The van der Waals surface area contributed by atoms with Crippen LogP contribution >= 0.6 is 0 Å². The summed E-state index contributed by atoms with van der Waals surface area (Å²) in [5, 5.41) is 2.13. The number of aromatic amines is 1. The summed E-state index contributed by atoms with van der Waals surface area (Å²) in [6, 6.07) is 18.2. The highest BCUT2D eigenvalue weighted by molar-refractivity contribution is 6.17. The van der Waals surface area contributed by atoms with E-state index in [9.17, 15) is 4.79 Å². The van der Waals surface area contributed by atoms with Crippen molar-refractivity contribution in [2.75, 3.05) is 0 Å². The maximum absolute atomic E-state index is 12.7. The van der Waals surface area contributed by atoms with Gasteiger partial charge >= 0.3 is 0 Å². The number of hydrogen-bond donors (Lipinski definition) is 1. The first-order chi connectivity index (χ1) is 12.3. The highest BCUT2D eigenvalue weighted by atomic mass is 16.1. The van der Waals surface area contributed by atoms with Crippen molar-refractivity contribution >= 4 is 33.7 Å². The van der Waals surface area contributed by atoms with Crippen LogP contribution in [0.2, 0.25) is 0 Å². The van der Waals surface area contributed by atoms with Crippen molar-refractivity contribution in [3.63, 3.8) is 0 Å². The Morgan fingerprint density at radius 3 is 2.64 bits per heavy atom. The smallest absolute Gasteiger partial charge is 0.206 e. The van der Waals surface area contributed by atoms with E-state index in [2.05, 4.69) is 29.0 Å². The summed E-state index contributed by atoms with van der Waals surface area (Å²) in [5.41, 5.74) is 4.55. The van der Waals surface area contributed by atoms with E-state index in [-0.39, 0.29) is 5.78 Å². The van der Waals surface area contributed by atoms with Crippen molar-refractivity contribution in [2.45, 2.75) is 13.3 Å². The average Bonchev–Trinajstić information content (AvgIpc) is 3.05. The van der Waals surface area contributed by atoms with Gasteiger partial charge < -0.3 is 4.98 Å². The molecule has 0 radical (unpaired) electrons. The largest absolute Gasteiger partial charge is 0.353 e. The molecule has 0 saturated heterocycles. The van der Waals surface area contributed by atoms with Crippen molar-refractivity contribution in [3.05, 3.63) is 83.7 Å². The monoisotopic (exact) mass is 326 g/mol. The lowest BCUT2D eigenvalue weighted by Gasteiger charge is -1.99. The van der Waals surface area contributed by atoms with E-state index >= 15 is 0 Å². The lowest BCUT2D eigenvalue weighted by Crippen LogP contribution is -1.99. The number of benzene rings is 2. The van der Waals surface area contributed by atoms with E-state index in [0.717, 1.165) is 33.8 Å².